The molecule has 1 aromatic rings. The lowest BCUT2D eigenvalue weighted by molar-refractivity contribution is -0.127. The SMILES string of the molecule is CCCN=C(NCCCN1CCCC1=O)NCCn1cnnc1CC. The first kappa shape index (κ1) is 19.2. The Kier molecular flexibility index (Phi) is 8.21. The summed E-state index contributed by atoms with van der Waals surface area (Å²) in [4.78, 5) is 18.1. The molecule has 2 N–H and O–H groups in total. The summed E-state index contributed by atoms with van der Waals surface area (Å²) in [6.07, 6.45) is 6.31. The number of likely N-dealkylation sites (tertiary alicyclic amines) is 1. The largest absolute Gasteiger partial charge is 0.356 e. The lowest BCUT2D eigenvalue weighted by Gasteiger charge is -2.17. The lowest BCUT2D eigenvalue weighted by atomic mass is 10.4. The van der Waals surface area contributed by atoms with Crippen molar-refractivity contribution in [2.75, 3.05) is 32.7 Å². The normalized spacial score (nSPS) is 15.0. The third-order valence-corrected chi connectivity index (χ3v) is 4.22. The van der Waals surface area contributed by atoms with Gasteiger partial charge in [-0.2, -0.15) is 0 Å². The van der Waals surface area contributed by atoms with Gasteiger partial charge in [0.05, 0.1) is 0 Å². The van der Waals surface area contributed by atoms with Gasteiger partial charge in [0.2, 0.25) is 5.91 Å². The first-order valence-corrected chi connectivity index (χ1v) is 9.41. The van der Waals surface area contributed by atoms with E-state index in [0.717, 1.165) is 76.7 Å². The van der Waals surface area contributed by atoms with E-state index in [1.807, 2.05) is 4.90 Å². The Hall–Kier alpha value is -2.12. The molecule has 1 saturated heterocycles. The Morgan fingerprint density at radius 3 is 2.84 bits per heavy atom. The van der Waals surface area contributed by atoms with Crippen LogP contribution in [0, 0.1) is 0 Å². The molecule has 0 unspecified atom stereocenters. The topological polar surface area (TPSA) is 87.4 Å². The second-order valence-corrected chi connectivity index (χ2v) is 6.22. The zero-order valence-electron chi connectivity index (χ0n) is 15.5. The zero-order chi connectivity index (χ0) is 17.9. The van der Waals surface area contributed by atoms with Crippen LogP contribution in [-0.2, 0) is 17.8 Å². The zero-order valence-corrected chi connectivity index (χ0v) is 15.5. The molecule has 2 rings (SSSR count). The molecule has 1 amide bonds. The minimum atomic E-state index is 0.290. The number of nitrogens with zero attached hydrogens (tertiary/aromatic N) is 5. The summed E-state index contributed by atoms with van der Waals surface area (Å²) in [6, 6.07) is 0. The summed E-state index contributed by atoms with van der Waals surface area (Å²) in [7, 11) is 0. The quantitative estimate of drug-likeness (QED) is 0.371. The Morgan fingerprint density at radius 2 is 2.12 bits per heavy atom. The van der Waals surface area contributed by atoms with E-state index in [1.165, 1.54) is 0 Å². The van der Waals surface area contributed by atoms with Crippen LogP contribution in [0.4, 0.5) is 0 Å². The first-order valence-electron chi connectivity index (χ1n) is 9.41. The molecule has 2 heterocycles. The number of aromatic nitrogens is 3. The van der Waals surface area contributed by atoms with Crippen LogP contribution in [0.5, 0.6) is 0 Å². The minimum absolute atomic E-state index is 0.290. The fraction of sp³-hybridized carbons (Fsp3) is 0.765. The molecular formula is C17H31N7O. The number of carbonyl (C=O) groups excluding carboxylic acids is 1. The summed E-state index contributed by atoms with van der Waals surface area (Å²) in [5.41, 5.74) is 0. The van der Waals surface area contributed by atoms with E-state index in [0.29, 0.717) is 12.3 Å². The maximum Gasteiger partial charge on any atom is 0.222 e. The van der Waals surface area contributed by atoms with Gasteiger partial charge >= 0.3 is 0 Å². The number of rotatable bonds is 10. The number of aliphatic imine (C=N–C) groups is 1. The van der Waals surface area contributed by atoms with E-state index in [9.17, 15) is 4.79 Å². The van der Waals surface area contributed by atoms with Crippen molar-refractivity contribution < 1.29 is 4.79 Å². The van der Waals surface area contributed by atoms with Crippen molar-refractivity contribution in [3.05, 3.63) is 12.2 Å². The molecular weight excluding hydrogens is 318 g/mol. The Bertz CT molecular complexity index is 555. The third-order valence-electron chi connectivity index (χ3n) is 4.22. The van der Waals surface area contributed by atoms with Crippen molar-refractivity contribution in [3.8, 4) is 0 Å². The number of hydrogen-bond donors (Lipinski definition) is 2. The highest BCUT2D eigenvalue weighted by Gasteiger charge is 2.18. The van der Waals surface area contributed by atoms with Crippen molar-refractivity contribution >= 4 is 11.9 Å². The lowest BCUT2D eigenvalue weighted by Crippen LogP contribution is -2.40. The molecule has 0 radical (unpaired) electrons. The molecule has 25 heavy (non-hydrogen) atoms. The van der Waals surface area contributed by atoms with Gasteiger partial charge in [0.25, 0.3) is 0 Å². The average Bonchev–Trinajstić information content (AvgIpc) is 3.24. The van der Waals surface area contributed by atoms with Crippen molar-refractivity contribution in [2.45, 2.75) is 52.5 Å². The van der Waals surface area contributed by atoms with Crippen LogP contribution >= 0.6 is 0 Å². The van der Waals surface area contributed by atoms with Gasteiger partial charge in [-0.3, -0.25) is 9.79 Å². The molecule has 0 saturated carbocycles. The third kappa shape index (κ3) is 6.36. The predicted molar refractivity (Wildman–Crippen MR) is 98.4 cm³/mol. The molecule has 1 aliphatic heterocycles. The van der Waals surface area contributed by atoms with Crippen LogP contribution in [0.1, 0.15) is 45.4 Å². The molecule has 0 bridgehead atoms. The van der Waals surface area contributed by atoms with Crippen molar-refractivity contribution in [1.82, 2.24) is 30.3 Å². The number of guanidine groups is 1. The highest BCUT2D eigenvalue weighted by molar-refractivity contribution is 5.79. The number of hydrogen-bond acceptors (Lipinski definition) is 4. The van der Waals surface area contributed by atoms with Crippen LogP contribution in [0.15, 0.2) is 11.3 Å². The molecule has 1 fully saturated rings. The summed E-state index contributed by atoms with van der Waals surface area (Å²) < 4.78 is 2.06. The number of amides is 1. The van der Waals surface area contributed by atoms with Gasteiger partial charge < -0.3 is 20.1 Å². The highest BCUT2D eigenvalue weighted by atomic mass is 16.2. The van der Waals surface area contributed by atoms with Crippen molar-refractivity contribution in [3.63, 3.8) is 0 Å². The van der Waals surface area contributed by atoms with Gasteiger partial charge in [-0.05, 0) is 19.3 Å². The van der Waals surface area contributed by atoms with E-state index in [4.69, 9.17) is 0 Å². The van der Waals surface area contributed by atoms with Crippen molar-refractivity contribution in [1.29, 1.82) is 0 Å². The molecule has 0 aliphatic carbocycles. The fourth-order valence-electron chi connectivity index (χ4n) is 2.85. The molecule has 1 aliphatic rings. The molecule has 0 spiro atoms. The Labute approximate surface area is 150 Å². The van der Waals surface area contributed by atoms with Gasteiger partial charge in [0.15, 0.2) is 5.96 Å². The Morgan fingerprint density at radius 1 is 1.28 bits per heavy atom. The van der Waals surface area contributed by atoms with Crippen molar-refractivity contribution in [2.24, 2.45) is 4.99 Å². The second kappa shape index (κ2) is 10.7. The van der Waals surface area contributed by atoms with Gasteiger partial charge in [0, 0.05) is 52.1 Å². The molecule has 0 atom stereocenters. The summed E-state index contributed by atoms with van der Waals surface area (Å²) in [5, 5.41) is 14.8. The maximum absolute atomic E-state index is 11.6. The minimum Gasteiger partial charge on any atom is -0.356 e. The molecule has 8 nitrogen and oxygen atoms in total. The molecule has 8 heteroatoms. The number of aryl methyl sites for hydroxylation is 1. The highest BCUT2D eigenvalue weighted by Crippen LogP contribution is 2.09. The van der Waals surface area contributed by atoms with E-state index in [1.54, 1.807) is 6.33 Å². The van der Waals surface area contributed by atoms with E-state index < -0.39 is 0 Å². The standard InChI is InChI=1S/C17H31N7O/c1-3-8-18-17(19-9-6-12-23-11-5-7-16(23)25)20-10-13-24-14-21-22-15(24)4-2/h14H,3-13H2,1-2H3,(H2,18,19,20). The van der Waals surface area contributed by atoms with Crippen LogP contribution in [0.2, 0.25) is 0 Å². The van der Waals surface area contributed by atoms with E-state index in [-0.39, 0.29) is 0 Å². The Balaban J connectivity index is 1.69. The van der Waals surface area contributed by atoms with Gasteiger partial charge in [-0.15, -0.1) is 10.2 Å². The molecule has 0 aromatic carbocycles. The monoisotopic (exact) mass is 349 g/mol. The van der Waals surface area contributed by atoms with Crippen LogP contribution in [-0.4, -0.2) is 64.3 Å². The maximum atomic E-state index is 11.6. The second-order valence-electron chi connectivity index (χ2n) is 6.22. The summed E-state index contributed by atoms with van der Waals surface area (Å²) >= 11 is 0. The smallest absolute Gasteiger partial charge is 0.222 e. The molecule has 140 valence electrons. The van der Waals surface area contributed by atoms with Gasteiger partial charge in [-0.1, -0.05) is 13.8 Å². The van der Waals surface area contributed by atoms with Crippen LogP contribution in [0.3, 0.4) is 0 Å². The fourth-order valence-corrected chi connectivity index (χ4v) is 2.85. The predicted octanol–water partition coefficient (Wildman–Crippen LogP) is 0.798. The van der Waals surface area contributed by atoms with Gasteiger partial charge in [-0.25, -0.2) is 0 Å². The number of carbonyl (C=O) groups is 1. The summed E-state index contributed by atoms with van der Waals surface area (Å²) in [5.74, 6) is 2.12. The van der Waals surface area contributed by atoms with E-state index in [2.05, 4.69) is 44.2 Å². The summed E-state index contributed by atoms with van der Waals surface area (Å²) in [6.45, 7) is 9.12. The van der Waals surface area contributed by atoms with Gasteiger partial charge in [0.1, 0.15) is 12.2 Å². The average molecular weight is 349 g/mol. The van der Waals surface area contributed by atoms with E-state index >= 15 is 0 Å². The van der Waals surface area contributed by atoms with Crippen LogP contribution in [0.25, 0.3) is 0 Å². The number of nitrogens with one attached hydrogen (secondary N) is 2. The van der Waals surface area contributed by atoms with Crippen LogP contribution < -0.4 is 10.6 Å². The first-order chi connectivity index (χ1) is 12.2. The molecule has 1 aromatic heterocycles.